The van der Waals surface area contributed by atoms with Crippen LogP contribution in [0.1, 0.15) is 51.2 Å². The van der Waals surface area contributed by atoms with Crippen molar-refractivity contribution in [3.05, 3.63) is 29.9 Å². The van der Waals surface area contributed by atoms with Crippen LogP contribution >= 0.6 is 0 Å². The minimum absolute atomic E-state index is 0.256. The fourth-order valence-electron chi connectivity index (χ4n) is 1.67. The topological polar surface area (TPSA) is 68.8 Å². The maximum atomic E-state index is 5.20. The molecular weight excluding hydrogens is 242 g/mol. The van der Waals surface area contributed by atoms with Gasteiger partial charge in [0.25, 0.3) is 0 Å². The molecule has 0 fully saturated rings. The molecule has 0 aliphatic rings. The first-order valence-corrected chi connectivity index (χ1v) is 6.62. The van der Waals surface area contributed by atoms with Crippen molar-refractivity contribution in [2.75, 3.05) is 0 Å². The quantitative estimate of drug-likeness (QED) is 0.862. The molecule has 19 heavy (non-hydrogen) atoms. The second-order valence-corrected chi connectivity index (χ2v) is 5.21. The summed E-state index contributed by atoms with van der Waals surface area (Å²) < 4.78 is 7.23. The molecule has 2 aromatic heterocycles. The zero-order valence-corrected chi connectivity index (χ0v) is 11.9. The molecule has 2 aromatic rings. The van der Waals surface area contributed by atoms with Crippen molar-refractivity contribution in [3.63, 3.8) is 0 Å². The Kier molecular flexibility index (Phi) is 4.31. The largest absolute Gasteiger partial charge is 0.339 e. The maximum absolute atomic E-state index is 5.20. The Balaban J connectivity index is 2.04. The van der Waals surface area contributed by atoms with Crippen molar-refractivity contribution in [2.24, 2.45) is 0 Å². The molecule has 0 spiro atoms. The number of hydrogen-bond donors (Lipinski definition) is 1. The lowest BCUT2D eigenvalue weighted by Gasteiger charge is -2.09. The molecule has 0 amide bonds. The minimum atomic E-state index is 0.256. The van der Waals surface area contributed by atoms with Crippen molar-refractivity contribution in [1.82, 2.24) is 25.0 Å². The van der Waals surface area contributed by atoms with Gasteiger partial charge >= 0.3 is 0 Å². The molecule has 0 bridgehead atoms. The fourth-order valence-corrected chi connectivity index (χ4v) is 1.67. The maximum Gasteiger partial charge on any atom is 0.229 e. The summed E-state index contributed by atoms with van der Waals surface area (Å²) in [7, 11) is 0. The third kappa shape index (κ3) is 3.64. The van der Waals surface area contributed by atoms with Crippen molar-refractivity contribution < 1.29 is 4.52 Å². The van der Waals surface area contributed by atoms with Crippen LogP contribution < -0.4 is 5.32 Å². The smallest absolute Gasteiger partial charge is 0.229 e. The summed E-state index contributed by atoms with van der Waals surface area (Å²) in [5.74, 6) is 2.60. The van der Waals surface area contributed by atoms with Gasteiger partial charge in [-0.3, -0.25) is 0 Å². The Labute approximate surface area is 113 Å². The average Bonchev–Trinajstić information content (AvgIpc) is 2.96. The van der Waals surface area contributed by atoms with Crippen LogP contribution in [0.15, 0.2) is 16.9 Å². The van der Waals surface area contributed by atoms with E-state index >= 15 is 0 Å². The van der Waals surface area contributed by atoms with E-state index in [2.05, 4.69) is 34.3 Å². The molecule has 0 aliphatic carbocycles. The molecule has 104 valence electrons. The standard InChI is InChI=1S/C13H21N5O/c1-9(2)13-16-11(17-19-13)8-18-6-5-14-12(18)7-15-10(3)4/h5-6,9-10,15H,7-8H2,1-4H3. The van der Waals surface area contributed by atoms with Crippen molar-refractivity contribution in [2.45, 2.75) is 52.7 Å². The summed E-state index contributed by atoms with van der Waals surface area (Å²) >= 11 is 0. The van der Waals surface area contributed by atoms with E-state index < -0.39 is 0 Å². The fraction of sp³-hybridized carbons (Fsp3) is 0.615. The van der Waals surface area contributed by atoms with Gasteiger partial charge in [-0.15, -0.1) is 0 Å². The summed E-state index contributed by atoms with van der Waals surface area (Å²) in [5.41, 5.74) is 0. The number of nitrogens with one attached hydrogen (secondary N) is 1. The van der Waals surface area contributed by atoms with Crippen LogP contribution in [0.2, 0.25) is 0 Å². The molecule has 0 aliphatic heterocycles. The normalized spacial score (nSPS) is 11.7. The third-order valence-electron chi connectivity index (χ3n) is 2.76. The Morgan fingerprint density at radius 1 is 1.32 bits per heavy atom. The van der Waals surface area contributed by atoms with Crippen molar-refractivity contribution >= 4 is 0 Å². The molecule has 6 nitrogen and oxygen atoms in total. The average molecular weight is 263 g/mol. The van der Waals surface area contributed by atoms with Gasteiger partial charge in [0.05, 0.1) is 13.1 Å². The lowest BCUT2D eigenvalue weighted by molar-refractivity contribution is 0.359. The molecule has 0 unspecified atom stereocenters. The molecular formula is C13H21N5O. The molecule has 6 heteroatoms. The highest BCUT2D eigenvalue weighted by Gasteiger charge is 2.11. The van der Waals surface area contributed by atoms with E-state index in [0.29, 0.717) is 24.3 Å². The van der Waals surface area contributed by atoms with Crippen LogP contribution in [0.4, 0.5) is 0 Å². The summed E-state index contributed by atoms with van der Waals surface area (Å²) in [5, 5.41) is 7.34. The number of imidazole rings is 1. The molecule has 0 saturated carbocycles. The van der Waals surface area contributed by atoms with Crippen LogP contribution in [-0.4, -0.2) is 25.7 Å². The predicted octanol–water partition coefficient (Wildman–Crippen LogP) is 1.94. The van der Waals surface area contributed by atoms with E-state index in [4.69, 9.17) is 4.52 Å². The number of rotatable bonds is 6. The van der Waals surface area contributed by atoms with Crippen molar-refractivity contribution in [3.8, 4) is 0 Å². The first-order chi connectivity index (χ1) is 9.06. The lowest BCUT2D eigenvalue weighted by Crippen LogP contribution is -2.24. The van der Waals surface area contributed by atoms with E-state index in [9.17, 15) is 0 Å². The Morgan fingerprint density at radius 3 is 2.74 bits per heavy atom. The van der Waals surface area contributed by atoms with Crippen LogP contribution in [0.25, 0.3) is 0 Å². The zero-order chi connectivity index (χ0) is 13.8. The van der Waals surface area contributed by atoms with Gasteiger partial charge in [-0.2, -0.15) is 4.98 Å². The summed E-state index contributed by atoms with van der Waals surface area (Å²) in [4.78, 5) is 8.71. The monoisotopic (exact) mass is 263 g/mol. The second-order valence-electron chi connectivity index (χ2n) is 5.21. The summed E-state index contributed by atoms with van der Waals surface area (Å²) in [6.07, 6.45) is 3.73. The predicted molar refractivity (Wildman–Crippen MR) is 71.7 cm³/mol. The van der Waals surface area contributed by atoms with Gasteiger partial charge in [0.1, 0.15) is 5.82 Å². The Hall–Kier alpha value is -1.69. The van der Waals surface area contributed by atoms with Crippen LogP contribution in [0, 0.1) is 0 Å². The van der Waals surface area contributed by atoms with Crippen LogP contribution in [0.5, 0.6) is 0 Å². The summed E-state index contributed by atoms with van der Waals surface area (Å²) in [6, 6.07) is 0.433. The molecule has 0 aromatic carbocycles. The van der Waals surface area contributed by atoms with Gasteiger partial charge in [0.2, 0.25) is 5.89 Å². The van der Waals surface area contributed by atoms with E-state index in [1.165, 1.54) is 0 Å². The second kappa shape index (κ2) is 5.97. The number of nitrogens with zero attached hydrogens (tertiary/aromatic N) is 4. The van der Waals surface area contributed by atoms with Gasteiger partial charge in [-0.05, 0) is 0 Å². The third-order valence-corrected chi connectivity index (χ3v) is 2.76. The van der Waals surface area contributed by atoms with E-state index in [-0.39, 0.29) is 5.92 Å². The molecule has 2 heterocycles. The number of hydrogen-bond acceptors (Lipinski definition) is 5. The first kappa shape index (κ1) is 13.7. The first-order valence-electron chi connectivity index (χ1n) is 6.62. The zero-order valence-electron chi connectivity index (χ0n) is 11.9. The molecule has 0 atom stereocenters. The van der Waals surface area contributed by atoms with Crippen LogP contribution in [-0.2, 0) is 13.1 Å². The van der Waals surface area contributed by atoms with Gasteiger partial charge < -0.3 is 14.4 Å². The highest BCUT2D eigenvalue weighted by molar-refractivity contribution is 4.98. The van der Waals surface area contributed by atoms with Gasteiger partial charge in [-0.1, -0.05) is 32.9 Å². The highest BCUT2D eigenvalue weighted by Crippen LogP contribution is 2.11. The highest BCUT2D eigenvalue weighted by atomic mass is 16.5. The van der Waals surface area contributed by atoms with E-state index in [0.717, 1.165) is 12.4 Å². The Bertz CT molecular complexity index is 515. The van der Waals surface area contributed by atoms with E-state index in [1.807, 2.05) is 24.6 Å². The minimum Gasteiger partial charge on any atom is -0.339 e. The van der Waals surface area contributed by atoms with Gasteiger partial charge in [-0.25, -0.2) is 4.98 Å². The number of aromatic nitrogens is 4. The SMILES string of the molecule is CC(C)NCc1nccn1Cc1noc(C(C)C)n1. The lowest BCUT2D eigenvalue weighted by atomic mass is 10.2. The van der Waals surface area contributed by atoms with Gasteiger partial charge in [0, 0.05) is 24.4 Å². The van der Waals surface area contributed by atoms with Crippen LogP contribution in [0.3, 0.4) is 0 Å². The summed E-state index contributed by atoms with van der Waals surface area (Å²) in [6.45, 7) is 9.62. The van der Waals surface area contributed by atoms with E-state index in [1.54, 1.807) is 6.20 Å². The molecule has 1 N–H and O–H groups in total. The molecule has 0 radical (unpaired) electrons. The molecule has 0 saturated heterocycles. The van der Waals surface area contributed by atoms with Gasteiger partial charge in [0.15, 0.2) is 5.82 Å². The van der Waals surface area contributed by atoms with Crippen molar-refractivity contribution in [1.29, 1.82) is 0 Å². The Morgan fingerprint density at radius 2 is 2.11 bits per heavy atom. The molecule has 2 rings (SSSR count).